The Bertz CT molecular complexity index is 735. The fourth-order valence-electron chi connectivity index (χ4n) is 2.00. The maximum absolute atomic E-state index is 11.9. The molecule has 0 aliphatic heterocycles. The molecule has 0 spiro atoms. The standard InChI is InChI=1S/C15H18N6O3/c1-24-14(17)13-10(16)6-12(20-11(13)8-22)21-15(23)19-7-9-4-2-3-5-18-9/h2-6,17,22H,7-8H2,1H3,(H4,16,19,20,21,23). The minimum Gasteiger partial charge on any atom is -0.481 e. The molecule has 2 rings (SSSR count). The van der Waals surface area contributed by atoms with Crippen molar-refractivity contribution in [3.8, 4) is 0 Å². The van der Waals surface area contributed by atoms with Crippen LogP contribution in [0.1, 0.15) is 17.0 Å². The number of carbonyl (C=O) groups excluding carboxylic acids is 1. The van der Waals surface area contributed by atoms with E-state index in [9.17, 15) is 9.90 Å². The molecule has 0 radical (unpaired) electrons. The molecule has 126 valence electrons. The summed E-state index contributed by atoms with van der Waals surface area (Å²) in [5.41, 5.74) is 7.07. The van der Waals surface area contributed by atoms with E-state index in [-0.39, 0.29) is 35.2 Å². The fraction of sp³-hybridized carbons (Fsp3) is 0.200. The highest BCUT2D eigenvalue weighted by atomic mass is 16.5. The summed E-state index contributed by atoms with van der Waals surface area (Å²) >= 11 is 0. The van der Waals surface area contributed by atoms with Gasteiger partial charge < -0.3 is 20.9 Å². The first-order chi connectivity index (χ1) is 11.5. The van der Waals surface area contributed by atoms with Crippen LogP contribution in [0.5, 0.6) is 0 Å². The number of methoxy groups -OCH3 is 1. The Kier molecular flexibility index (Phi) is 5.63. The van der Waals surface area contributed by atoms with Crippen LogP contribution in [0.3, 0.4) is 0 Å². The number of aliphatic hydroxyl groups excluding tert-OH is 1. The summed E-state index contributed by atoms with van der Waals surface area (Å²) in [6.45, 7) is -0.197. The second-order valence-electron chi connectivity index (χ2n) is 4.74. The van der Waals surface area contributed by atoms with E-state index in [1.165, 1.54) is 13.2 Å². The molecule has 24 heavy (non-hydrogen) atoms. The predicted octanol–water partition coefficient (Wildman–Crippen LogP) is 0.845. The maximum atomic E-state index is 11.9. The van der Waals surface area contributed by atoms with Gasteiger partial charge in [-0.1, -0.05) is 6.07 Å². The van der Waals surface area contributed by atoms with E-state index in [1.54, 1.807) is 18.3 Å². The van der Waals surface area contributed by atoms with E-state index >= 15 is 0 Å². The monoisotopic (exact) mass is 330 g/mol. The average Bonchev–Trinajstić information content (AvgIpc) is 2.59. The van der Waals surface area contributed by atoms with Gasteiger partial charge in [-0.25, -0.2) is 9.78 Å². The summed E-state index contributed by atoms with van der Waals surface area (Å²) in [6, 6.07) is 6.28. The van der Waals surface area contributed by atoms with Crippen molar-refractivity contribution >= 4 is 23.4 Å². The molecule has 2 heterocycles. The van der Waals surface area contributed by atoms with E-state index in [0.29, 0.717) is 5.69 Å². The number of nitrogens with zero attached hydrogens (tertiary/aromatic N) is 2. The minimum atomic E-state index is -0.494. The van der Waals surface area contributed by atoms with Crippen LogP contribution in [0.15, 0.2) is 30.5 Å². The molecule has 0 aliphatic rings. The molecule has 0 unspecified atom stereocenters. The average molecular weight is 330 g/mol. The number of pyridine rings is 2. The van der Waals surface area contributed by atoms with Gasteiger partial charge >= 0.3 is 6.03 Å². The first-order valence-electron chi connectivity index (χ1n) is 7.03. The summed E-state index contributed by atoms with van der Waals surface area (Å²) in [5.74, 6) is -0.0575. The second kappa shape index (κ2) is 7.88. The number of aliphatic hydroxyl groups is 1. The molecule has 9 heteroatoms. The lowest BCUT2D eigenvalue weighted by atomic mass is 10.1. The van der Waals surface area contributed by atoms with Gasteiger partial charge in [0, 0.05) is 18.0 Å². The first kappa shape index (κ1) is 17.2. The molecule has 0 atom stereocenters. The van der Waals surface area contributed by atoms with Gasteiger partial charge in [-0.05, 0) is 12.1 Å². The molecule has 2 amide bonds. The maximum Gasteiger partial charge on any atom is 0.320 e. The van der Waals surface area contributed by atoms with Crippen LogP contribution in [0.2, 0.25) is 0 Å². The molecule has 6 N–H and O–H groups in total. The van der Waals surface area contributed by atoms with E-state index in [1.807, 2.05) is 6.07 Å². The molecular weight excluding hydrogens is 312 g/mol. The van der Waals surface area contributed by atoms with Crippen molar-refractivity contribution in [3.63, 3.8) is 0 Å². The molecule has 0 bridgehead atoms. The number of rotatable bonds is 5. The van der Waals surface area contributed by atoms with Crippen molar-refractivity contribution < 1.29 is 14.6 Å². The number of hydrogen-bond donors (Lipinski definition) is 5. The number of nitrogen functional groups attached to an aromatic ring is 1. The van der Waals surface area contributed by atoms with Crippen molar-refractivity contribution in [2.45, 2.75) is 13.2 Å². The lowest BCUT2D eigenvalue weighted by molar-refractivity contribution is 0.251. The second-order valence-corrected chi connectivity index (χ2v) is 4.74. The predicted molar refractivity (Wildman–Crippen MR) is 88.5 cm³/mol. The Hall–Kier alpha value is -3.20. The number of ether oxygens (including phenoxy) is 1. The smallest absolute Gasteiger partial charge is 0.320 e. The number of anilines is 2. The number of carbonyl (C=O) groups is 1. The zero-order valence-electron chi connectivity index (χ0n) is 13.0. The number of nitrogens with two attached hydrogens (primary N) is 1. The van der Waals surface area contributed by atoms with Crippen molar-refractivity contribution in [2.24, 2.45) is 0 Å². The van der Waals surface area contributed by atoms with Gasteiger partial charge in [0.1, 0.15) is 5.82 Å². The van der Waals surface area contributed by atoms with Gasteiger partial charge in [-0.15, -0.1) is 0 Å². The summed E-state index contributed by atoms with van der Waals surface area (Å²) in [5, 5.41) is 22.2. The van der Waals surface area contributed by atoms with Crippen LogP contribution >= 0.6 is 0 Å². The molecule has 9 nitrogen and oxygen atoms in total. The van der Waals surface area contributed by atoms with Crippen LogP contribution in [-0.2, 0) is 17.9 Å². The molecule has 0 aromatic carbocycles. The SMILES string of the molecule is COC(=N)c1c(N)cc(NC(=O)NCc2ccccn2)nc1CO. The van der Waals surface area contributed by atoms with Gasteiger partial charge in [0.2, 0.25) is 5.90 Å². The number of urea groups is 1. The Morgan fingerprint density at radius 3 is 2.88 bits per heavy atom. The summed E-state index contributed by atoms with van der Waals surface area (Å²) < 4.78 is 4.81. The molecule has 0 saturated heterocycles. The third kappa shape index (κ3) is 4.17. The highest BCUT2D eigenvalue weighted by Gasteiger charge is 2.16. The normalized spacial score (nSPS) is 10.1. The number of hydrogen-bond acceptors (Lipinski definition) is 7. The summed E-state index contributed by atoms with van der Waals surface area (Å²) in [7, 11) is 1.32. The highest BCUT2D eigenvalue weighted by molar-refractivity contribution is 5.99. The fourth-order valence-corrected chi connectivity index (χ4v) is 2.00. The van der Waals surface area contributed by atoms with Gasteiger partial charge in [0.15, 0.2) is 0 Å². The molecular formula is C15H18N6O3. The van der Waals surface area contributed by atoms with Gasteiger partial charge in [-0.2, -0.15) is 0 Å². The Morgan fingerprint density at radius 2 is 2.25 bits per heavy atom. The lowest BCUT2D eigenvalue weighted by Gasteiger charge is -2.13. The number of aromatic nitrogens is 2. The molecule has 2 aromatic rings. The van der Waals surface area contributed by atoms with E-state index in [2.05, 4.69) is 20.6 Å². The van der Waals surface area contributed by atoms with Gasteiger partial charge in [0.25, 0.3) is 0 Å². The quantitative estimate of drug-likeness (QED) is 0.405. The van der Waals surface area contributed by atoms with Crippen LogP contribution in [0.4, 0.5) is 16.3 Å². The van der Waals surface area contributed by atoms with Gasteiger partial charge in [-0.3, -0.25) is 15.7 Å². The molecule has 0 aliphatic carbocycles. The lowest BCUT2D eigenvalue weighted by Crippen LogP contribution is -2.29. The Labute approximate surface area is 138 Å². The molecule has 0 saturated carbocycles. The largest absolute Gasteiger partial charge is 0.481 e. The topological polar surface area (TPSA) is 146 Å². The Balaban J connectivity index is 2.08. The van der Waals surface area contributed by atoms with Crippen molar-refractivity contribution in [1.82, 2.24) is 15.3 Å². The first-order valence-corrected chi connectivity index (χ1v) is 7.03. The van der Waals surface area contributed by atoms with E-state index < -0.39 is 12.6 Å². The van der Waals surface area contributed by atoms with Crippen molar-refractivity contribution in [1.29, 1.82) is 5.41 Å². The number of nitrogens with one attached hydrogen (secondary N) is 3. The summed E-state index contributed by atoms with van der Waals surface area (Å²) in [6.07, 6.45) is 1.63. The zero-order chi connectivity index (χ0) is 17.5. The van der Waals surface area contributed by atoms with Crippen molar-refractivity contribution in [2.75, 3.05) is 18.2 Å². The minimum absolute atomic E-state index is 0.141. The number of amides is 2. The van der Waals surface area contributed by atoms with E-state index in [0.717, 1.165) is 0 Å². The van der Waals surface area contributed by atoms with Crippen LogP contribution in [-0.4, -0.2) is 34.1 Å². The summed E-state index contributed by atoms with van der Waals surface area (Å²) in [4.78, 5) is 20.1. The highest BCUT2D eigenvalue weighted by Crippen LogP contribution is 2.21. The van der Waals surface area contributed by atoms with Gasteiger partial charge in [0.05, 0.1) is 37.2 Å². The van der Waals surface area contributed by atoms with Crippen LogP contribution < -0.4 is 16.4 Å². The third-order valence-corrected chi connectivity index (χ3v) is 3.10. The van der Waals surface area contributed by atoms with Crippen molar-refractivity contribution in [3.05, 3.63) is 47.4 Å². The molecule has 2 aromatic heterocycles. The Morgan fingerprint density at radius 1 is 1.46 bits per heavy atom. The zero-order valence-corrected chi connectivity index (χ0v) is 13.0. The van der Waals surface area contributed by atoms with Crippen LogP contribution in [0.25, 0.3) is 0 Å². The molecule has 0 fully saturated rings. The van der Waals surface area contributed by atoms with Crippen LogP contribution in [0, 0.1) is 5.41 Å². The van der Waals surface area contributed by atoms with E-state index in [4.69, 9.17) is 15.9 Å². The third-order valence-electron chi connectivity index (χ3n) is 3.10.